The predicted molar refractivity (Wildman–Crippen MR) is 166 cm³/mol. The van der Waals surface area contributed by atoms with E-state index < -0.39 is 42.8 Å². The number of thioether (sulfide) groups is 1. The number of nitrogens with zero attached hydrogens (tertiary/aromatic N) is 5. The van der Waals surface area contributed by atoms with Crippen molar-refractivity contribution in [3.8, 4) is 22.8 Å². The molecule has 0 saturated carbocycles. The molecule has 0 radical (unpaired) electrons. The number of hydrogen-bond acceptors (Lipinski definition) is 7. The number of carbonyl (C=O) groups excluding carboxylic acids is 2. The number of hydrogen-bond donors (Lipinski definition) is 1. The van der Waals surface area contributed by atoms with E-state index in [1.54, 1.807) is 37.3 Å². The molecule has 5 rings (SSSR count). The third-order valence-corrected chi connectivity index (χ3v) is 7.44. The number of nitrogens with one attached hydrogen (secondary N) is 1. The zero-order chi connectivity index (χ0) is 33.7. The van der Waals surface area contributed by atoms with Crippen molar-refractivity contribution in [3.05, 3.63) is 83.9 Å². The van der Waals surface area contributed by atoms with Crippen molar-refractivity contribution in [2.24, 2.45) is 4.99 Å². The minimum Gasteiger partial charge on any atom is -0.488 e. The normalized spacial score (nSPS) is 14.3. The van der Waals surface area contributed by atoms with Gasteiger partial charge in [0.1, 0.15) is 31.1 Å². The molecule has 1 aromatic heterocycles. The van der Waals surface area contributed by atoms with Gasteiger partial charge in [0.25, 0.3) is 6.43 Å². The fourth-order valence-corrected chi connectivity index (χ4v) is 5.26. The number of halogens is 6. The van der Waals surface area contributed by atoms with Gasteiger partial charge in [0.2, 0.25) is 5.91 Å². The maximum absolute atomic E-state index is 15.1. The summed E-state index contributed by atoms with van der Waals surface area (Å²) in [5, 5.41) is 3.11. The second-order valence-electron chi connectivity index (χ2n) is 9.99. The maximum Gasteiger partial charge on any atom is 0.347 e. The number of carbonyl (C=O) groups is 2. The van der Waals surface area contributed by atoms with Crippen LogP contribution in [0, 0.1) is 12.7 Å². The lowest BCUT2D eigenvalue weighted by molar-refractivity contribution is -0.115. The summed E-state index contributed by atoms with van der Waals surface area (Å²) >= 11 is 5.89. The number of rotatable bonds is 11. The number of amides is 3. The second kappa shape index (κ2) is 14.5. The molecular weight excluding hydrogens is 671 g/mol. The number of benzene rings is 3. The molecule has 1 saturated heterocycles. The molecule has 1 aliphatic rings. The van der Waals surface area contributed by atoms with E-state index in [0.717, 1.165) is 23.4 Å². The molecule has 0 unspecified atom stereocenters. The van der Waals surface area contributed by atoms with Gasteiger partial charge in [0, 0.05) is 11.1 Å². The zero-order valence-electron chi connectivity index (χ0n) is 24.3. The Morgan fingerprint density at radius 2 is 1.91 bits per heavy atom. The molecule has 1 aliphatic heterocycles. The van der Waals surface area contributed by atoms with Crippen molar-refractivity contribution in [2.75, 3.05) is 29.2 Å². The van der Waals surface area contributed by atoms with Gasteiger partial charge < -0.3 is 14.8 Å². The first-order valence-electron chi connectivity index (χ1n) is 13.7. The van der Waals surface area contributed by atoms with Gasteiger partial charge in [-0.1, -0.05) is 23.9 Å². The van der Waals surface area contributed by atoms with E-state index in [1.807, 2.05) is 0 Å². The zero-order valence-corrected chi connectivity index (χ0v) is 25.9. The predicted octanol–water partition coefficient (Wildman–Crippen LogP) is 7.04. The highest BCUT2D eigenvalue weighted by Crippen LogP contribution is 2.32. The standard InChI is InChI=1S/C30H24ClF5N6O4S/c1-17-2-3-19(12-45-15-30(31,35)36)24(10-17)42-26(43)14-47-29(42)39-28(44)38-23-9-4-18(11-22(23)32)27-37-16-41(40-27)20-5-7-21(8-6-20)46-13-25(33)34/h2-11,16,25H,12-15H2,1H3,(H,38,44)/b39-29-. The van der Waals surface area contributed by atoms with Crippen LogP contribution in [0.5, 0.6) is 5.75 Å². The topological polar surface area (TPSA) is 111 Å². The Bertz CT molecular complexity index is 1800. The molecule has 3 aromatic carbocycles. The number of amidine groups is 1. The van der Waals surface area contributed by atoms with E-state index in [1.165, 1.54) is 40.2 Å². The van der Waals surface area contributed by atoms with Crippen LogP contribution in [0.15, 0.2) is 72.0 Å². The Hall–Kier alpha value is -4.54. The molecule has 2 heterocycles. The molecular formula is C30H24ClF5N6O4S. The van der Waals surface area contributed by atoms with Crippen LogP contribution >= 0.6 is 23.4 Å². The van der Waals surface area contributed by atoms with Crippen molar-refractivity contribution in [1.29, 1.82) is 0 Å². The minimum absolute atomic E-state index is 0.00223. The van der Waals surface area contributed by atoms with Crippen molar-refractivity contribution in [2.45, 2.75) is 25.3 Å². The summed E-state index contributed by atoms with van der Waals surface area (Å²) in [4.78, 5) is 35.0. The molecule has 17 heteroatoms. The SMILES string of the molecule is Cc1ccc(COCC(F)(F)Cl)c(N2C(=O)CS/C2=N\C(=O)Nc2ccc(-c3ncn(-c4ccc(OCC(F)F)cc4)n3)cc2F)c1. The summed E-state index contributed by atoms with van der Waals surface area (Å²) in [5.74, 6) is -0.834. The van der Waals surface area contributed by atoms with E-state index in [0.29, 0.717) is 22.5 Å². The monoisotopic (exact) mass is 694 g/mol. The number of anilines is 2. The Kier molecular flexibility index (Phi) is 10.4. The van der Waals surface area contributed by atoms with Crippen LogP contribution in [0.3, 0.4) is 0 Å². The van der Waals surface area contributed by atoms with Gasteiger partial charge in [0.05, 0.1) is 29.4 Å². The number of aryl methyl sites for hydroxylation is 1. The summed E-state index contributed by atoms with van der Waals surface area (Å²) in [6, 6.07) is 14.1. The minimum atomic E-state index is -3.56. The molecule has 0 atom stereocenters. The van der Waals surface area contributed by atoms with Gasteiger partial charge >= 0.3 is 11.4 Å². The molecule has 1 fully saturated rings. The molecule has 0 aliphatic carbocycles. The Morgan fingerprint density at radius 3 is 2.62 bits per heavy atom. The van der Waals surface area contributed by atoms with Gasteiger partial charge in [-0.15, -0.1) is 5.10 Å². The van der Waals surface area contributed by atoms with E-state index in [9.17, 15) is 27.2 Å². The van der Waals surface area contributed by atoms with Gasteiger partial charge in [-0.05, 0) is 72.6 Å². The van der Waals surface area contributed by atoms with Crippen LogP contribution in [0.4, 0.5) is 38.1 Å². The quantitative estimate of drug-likeness (QED) is 0.132. The van der Waals surface area contributed by atoms with Crippen LogP contribution in [-0.2, 0) is 16.1 Å². The van der Waals surface area contributed by atoms with E-state index in [-0.39, 0.29) is 34.8 Å². The first kappa shape index (κ1) is 33.8. The Balaban J connectivity index is 1.28. The molecule has 0 bridgehead atoms. The smallest absolute Gasteiger partial charge is 0.347 e. The molecule has 246 valence electrons. The highest BCUT2D eigenvalue weighted by atomic mass is 35.5. The summed E-state index contributed by atoms with van der Waals surface area (Å²) in [5.41, 5.74) is 2.07. The van der Waals surface area contributed by atoms with E-state index in [4.69, 9.17) is 21.1 Å². The Labute approximate surface area is 273 Å². The molecule has 47 heavy (non-hydrogen) atoms. The van der Waals surface area contributed by atoms with Crippen molar-refractivity contribution in [3.63, 3.8) is 0 Å². The van der Waals surface area contributed by atoms with Gasteiger partial charge in [-0.3, -0.25) is 9.69 Å². The van der Waals surface area contributed by atoms with Crippen LogP contribution < -0.4 is 15.0 Å². The highest BCUT2D eigenvalue weighted by molar-refractivity contribution is 8.15. The number of alkyl halides is 5. The fourth-order valence-electron chi connectivity index (χ4n) is 4.32. The van der Waals surface area contributed by atoms with Crippen LogP contribution in [0.2, 0.25) is 0 Å². The lowest BCUT2D eigenvalue weighted by Gasteiger charge is -2.21. The third kappa shape index (κ3) is 8.84. The molecule has 3 amide bonds. The average Bonchev–Trinajstić information content (AvgIpc) is 3.64. The van der Waals surface area contributed by atoms with Gasteiger partial charge in [0.15, 0.2) is 11.0 Å². The first-order valence-corrected chi connectivity index (χ1v) is 15.0. The summed E-state index contributed by atoms with van der Waals surface area (Å²) in [7, 11) is 0. The number of aromatic nitrogens is 3. The summed E-state index contributed by atoms with van der Waals surface area (Å²) < 4.78 is 77.3. The summed E-state index contributed by atoms with van der Waals surface area (Å²) in [6.07, 6.45) is -1.21. The van der Waals surface area contributed by atoms with Crippen molar-refractivity contribution >= 4 is 51.8 Å². The second-order valence-corrected chi connectivity index (χ2v) is 11.5. The van der Waals surface area contributed by atoms with Crippen LogP contribution in [0.25, 0.3) is 17.1 Å². The average molecular weight is 695 g/mol. The number of aliphatic imine (C=N–C) groups is 1. The van der Waals surface area contributed by atoms with E-state index in [2.05, 4.69) is 20.4 Å². The number of urea groups is 1. The third-order valence-electron chi connectivity index (χ3n) is 6.41. The number of ether oxygens (including phenoxy) is 2. The lowest BCUT2D eigenvalue weighted by Crippen LogP contribution is -2.31. The molecule has 1 N–H and O–H groups in total. The molecule has 4 aromatic rings. The maximum atomic E-state index is 15.1. The van der Waals surface area contributed by atoms with Crippen molar-refractivity contribution < 1.29 is 41.0 Å². The lowest BCUT2D eigenvalue weighted by atomic mass is 10.1. The Morgan fingerprint density at radius 1 is 1.15 bits per heavy atom. The largest absolute Gasteiger partial charge is 0.488 e. The summed E-state index contributed by atoms with van der Waals surface area (Å²) in [6.45, 7) is -0.305. The molecule has 10 nitrogen and oxygen atoms in total. The van der Waals surface area contributed by atoms with Crippen LogP contribution in [-0.4, -0.2) is 62.6 Å². The first-order chi connectivity index (χ1) is 22.4. The molecule has 0 spiro atoms. The van der Waals surface area contributed by atoms with Gasteiger partial charge in [-0.2, -0.15) is 13.8 Å². The fraction of sp³-hybridized carbons (Fsp3) is 0.233. The van der Waals surface area contributed by atoms with Crippen molar-refractivity contribution in [1.82, 2.24) is 14.8 Å². The highest BCUT2D eigenvalue weighted by Gasteiger charge is 2.33. The van der Waals surface area contributed by atoms with Gasteiger partial charge in [-0.25, -0.2) is 27.6 Å². The van der Waals surface area contributed by atoms with E-state index >= 15 is 4.39 Å². The van der Waals surface area contributed by atoms with Crippen LogP contribution in [0.1, 0.15) is 11.1 Å².